The van der Waals surface area contributed by atoms with Gasteiger partial charge in [0.05, 0.1) is 19.9 Å². The van der Waals surface area contributed by atoms with Crippen LogP contribution in [0.3, 0.4) is 0 Å². The van der Waals surface area contributed by atoms with E-state index in [2.05, 4.69) is 11.6 Å². The second-order valence-corrected chi connectivity index (χ2v) is 7.23. The highest BCUT2D eigenvalue weighted by molar-refractivity contribution is 7.99. The maximum atomic E-state index is 12.8. The van der Waals surface area contributed by atoms with Crippen molar-refractivity contribution in [2.75, 3.05) is 25.8 Å². The van der Waals surface area contributed by atoms with Crippen LogP contribution >= 0.6 is 11.8 Å². The molecule has 3 rings (SSSR count). The van der Waals surface area contributed by atoms with E-state index in [1.54, 1.807) is 14.2 Å². The number of nitrogens with zero attached hydrogens (tertiary/aromatic N) is 1. The molecule has 23 heavy (non-hydrogen) atoms. The van der Waals surface area contributed by atoms with Crippen LogP contribution in [-0.4, -0.2) is 48.7 Å². The number of anilines is 1. The zero-order valence-corrected chi connectivity index (χ0v) is 14.7. The molecule has 2 aliphatic rings. The standard InChI is InChI=1S/C17H24N2O3S/c1-21-15-6-4-5-14(16(15)22-2)18-17(20)19-11-7-8-12(19)10-13(9-11)23-3/h4-6,11-13H,7-10H2,1-3H3,(H,18,20). The predicted octanol–water partition coefficient (Wildman–Crippen LogP) is 3.59. The van der Waals surface area contributed by atoms with Crippen molar-refractivity contribution in [3.63, 3.8) is 0 Å². The SMILES string of the molecule is COc1cccc(NC(=O)N2C3CCC2CC(SC)C3)c1OC. The summed E-state index contributed by atoms with van der Waals surface area (Å²) in [5, 5.41) is 3.70. The van der Waals surface area contributed by atoms with Gasteiger partial charge in [-0.25, -0.2) is 4.79 Å². The van der Waals surface area contributed by atoms with E-state index in [9.17, 15) is 4.79 Å². The average Bonchev–Trinajstić information content (AvgIpc) is 2.84. The van der Waals surface area contributed by atoms with E-state index in [4.69, 9.17) is 9.47 Å². The van der Waals surface area contributed by atoms with Crippen molar-refractivity contribution in [3.05, 3.63) is 18.2 Å². The number of piperidine rings is 1. The molecule has 0 spiro atoms. The lowest BCUT2D eigenvalue weighted by Gasteiger charge is -2.38. The first-order valence-corrected chi connectivity index (χ1v) is 9.29. The molecule has 1 aromatic rings. The van der Waals surface area contributed by atoms with Gasteiger partial charge in [-0.3, -0.25) is 0 Å². The molecule has 2 atom stereocenters. The monoisotopic (exact) mass is 336 g/mol. The summed E-state index contributed by atoms with van der Waals surface area (Å²) in [4.78, 5) is 14.9. The molecular formula is C17H24N2O3S. The van der Waals surface area contributed by atoms with Gasteiger partial charge in [0, 0.05) is 17.3 Å². The minimum Gasteiger partial charge on any atom is -0.493 e. The summed E-state index contributed by atoms with van der Waals surface area (Å²) in [5.74, 6) is 1.18. The van der Waals surface area contributed by atoms with Crippen molar-refractivity contribution >= 4 is 23.5 Å². The first-order chi connectivity index (χ1) is 11.2. The predicted molar refractivity (Wildman–Crippen MR) is 93.8 cm³/mol. The van der Waals surface area contributed by atoms with E-state index >= 15 is 0 Å². The number of carbonyl (C=O) groups excluding carboxylic acids is 1. The quantitative estimate of drug-likeness (QED) is 0.913. The van der Waals surface area contributed by atoms with E-state index in [1.807, 2.05) is 34.9 Å². The number of rotatable bonds is 4. The molecule has 2 amide bonds. The highest BCUT2D eigenvalue weighted by Gasteiger charge is 2.43. The Bertz CT molecular complexity index is 567. The highest BCUT2D eigenvalue weighted by Crippen LogP contribution is 2.41. The van der Waals surface area contributed by atoms with Crippen molar-refractivity contribution in [2.24, 2.45) is 0 Å². The molecule has 0 saturated carbocycles. The van der Waals surface area contributed by atoms with Crippen molar-refractivity contribution in [2.45, 2.75) is 43.0 Å². The number of benzene rings is 1. The van der Waals surface area contributed by atoms with Crippen LogP contribution in [-0.2, 0) is 0 Å². The summed E-state index contributed by atoms with van der Waals surface area (Å²) in [6.07, 6.45) is 6.59. The van der Waals surface area contributed by atoms with E-state index in [0.29, 0.717) is 34.5 Å². The van der Waals surface area contributed by atoms with Gasteiger partial charge in [0.2, 0.25) is 0 Å². The molecule has 5 nitrogen and oxygen atoms in total. The van der Waals surface area contributed by atoms with E-state index in [0.717, 1.165) is 25.7 Å². The van der Waals surface area contributed by atoms with E-state index in [-0.39, 0.29) is 6.03 Å². The summed E-state index contributed by atoms with van der Waals surface area (Å²) in [6.45, 7) is 0. The first kappa shape index (κ1) is 16.3. The molecule has 2 heterocycles. The minimum atomic E-state index is -0.0244. The maximum absolute atomic E-state index is 12.8. The van der Waals surface area contributed by atoms with Crippen molar-refractivity contribution in [3.8, 4) is 11.5 Å². The third kappa shape index (κ3) is 3.09. The number of methoxy groups -OCH3 is 2. The molecule has 2 bridgehead atoms. The Hall–Kier alpha value is -1.56. The summed E-state index contributed by atoms with van der Waals surface area (Å²) >= 11 is 1.93. The molecule has 1 aromatic carbocycles. The number of urea groups is 1. The summed E-state index contributed by atoms with van der Waals surface area (Å²) in [7, 11) is 3.18. The van der Waals surface area contributed by atoms with E-state index < -0.39 is 0 Å². The smallest absolute Gasteiger partial charge is 0.322 e. The molecule has 6 heteroatoms. The van der Waals surface area contributed by atoms with Crippen LogP contribution in [0.5, 0.6) is 11.5 Å². The number of amides is 2. The number of nitrogens with one attached hydrogen (secondary N) is 1. The fourth-order valence-electron chi connectivity index (χ4n) is 3.82. The normalized spacial score (nSPS) is 26.0. The molecule has 0 radical (unpaired) electrons. The molecule has 0 aromatic heterocycles. The second-order valence-electron chi connectivity index (χ2n) is 6.09. The van der Waals surface area contributed by atoms with Crippen LogP contribution in [0.25, 0.3) is 0 Å². The lowest BCUT2D eigenvalue weighted by Crippen LogP contribution is -2.49. The van der Waals surface area contributed by atoms with Gasteiger partial charge in [0.1, 0.15) is 0 Å². The van der Waals surface area contributed by atoms with Gasteiger partial charge in [-0.2, -0.15) is 11.8 Å². The fourth-order valence-corrected chi connectivity index (χ4v) is 4.65. The average molecular weight is 336 g/mol. The lowest BCUT2D eigenvalue weighted by molar-refractivity contribution is 0.161. The third-order valence-electron chi connectivity index (χ3n) is 4.90. The van der Waals surface area contributed by atoms with Crippen LogP contribution in [0.15, 0.2) is 18.2 Å². The summed E-state index contributed by atoms with van der Waals surface area (Å²) < 4.78 is 10.7. The van der Waals surface area contributed by atoms with Gasteiger partial charge in [-0.05, 0) is 44.1 Å². The van der Waals surface area contributed by atoms with Gasteiger partial charge >= 0.3 is 6.03 Å². The van der Waals surface area contributed by atoms with Crippen LogP contribution in [0, 0.1) is 0 Å². The molecule has 0 aliphatic carbocycles. The zero-order valence-electron chi connectivity index (χ0n) is 13.9. The molecule has 126 valence electrons. The Morgan fingerprint density at radius 3 is 2.48 bits per heavy atom. The molecule has 2 saturated heterocycles. The number of hydrogen-bond donors (Lipinski definition) is 1. The lowest BCUT2D eigenvalue weighted by atomic mass is 10.0. The first-order valence-electron chi connectivity index (χ1n) is 8.01. The fraction of sp³-hybridized carbons (Fsp3) is 0.588. The number of thioether (sulfide) groups is 1. The molecular weight excluding hydrogens is 312 g/mol. The van der Waals surface area contributed by atoms with Crippen molar-refractivity contribution in [1.82, 2.24) is 4.90 Å². The number of para-hydroxylation sites is 1. The Morgan fingerprint density at radius 1 is 1.22 bits per heavy atom. The Labute approximate surface area is 141 Å². The van der Waals surface area contributed by atoms with Gasteiger partial charge in [0.15, 0.2) is 11.5 Å². The topological polar surface area (TPSA) is 50.8 Å². The van der Waals surface area contributed by atoms with Gasteiger partial charge in [-0.1, -0.05) is 6.07 Å². The van der Waals surface area contributed by atoms with Crippen LogP contribution in [0.1, 0.15) is 25.7 Å². The van der Waals surface area contributed by atoms with Gasteiger partial charge < -0.3 is 19.7 Å². The van der Waals surface area contributed by atoms with Crippen LogP contribution in [0.2, 0.25) is 0 Å². The third-order valence-corrected chi connectivity index (χ3v) is 5.95. The van der Waals surface area contributed by atoms with Crippen molar-refractivity contribution < 1.29 is 14.3 Å². The highest BCUT2D eigenvalue weighted by atomic mass is 32.2. The van der Waals surface area contributed by atoms with Gasteiger partial charge in [-0.15, -0.1) is 0 Å². The maximum Gasteiger partial charge on any atom is 0.322 e. The minimum absolute atomic E-state index is 0.0244. The van der Waals surface area contributed by atoms with Gasteiger partial charge in [0.25, 0.3) is 0 Å². The number of carbonyl (C=O) groups is 1. The second kappa shape index (κ2) is 6.91. The largest absolute Gasteiger partial charge is 0.493 e. The number of ether oxygens (including phenoxy) is 2. The molecule has 2 fully saturated rings. The van der Waals surface area contributed by atoms with Crippen LogP contribution < -0.4 is 14.8 Å². The molecule has 1 N–H and O–H groups in total. The van der Waals surface area contributed by atoms with Crippen molar-refractivity contribution in [1.29, 1.82) is 0 Å². The Kier molecular flexibility index (Phi) is 4.90. The molecule has 2 unspecified atom stereocenters. The zero-order chi connectivity index (χ0) is 16.4. The Balaban J connectivity index is 1.76. The summed E-state index contributed by atoms with van der Waals surface area (Å²) in [6, 6.07) is 6.22. The Morgan fingerprint density at radius 2 is 1.91 bits per heavy atom. The summed E-state index contributed by atoms with van der Waals surface area (Å²) in [5.41, 5.74) is 0.656. The van der Waals surface area contributed by atoms with Crippen LogP contribution in [0.4, 0.5) is 10.5 Å². The molecule has 2 aliphatic heterocycles. The van der Waals surface area contributed by atoms with E-state index in [1.165, 1.54) is 0 Å². The number of hydrogen-bond acceptors (Lipinski definition) is 4. The number of fused-ring (bicyclic) bond motifs is 2.